The number of halogens is 3. The van der Waals surface area contributed by atoms with Gasteiger partial charge >= 0.3 is 5.25 Å². The van der Waals surface area contributed by atoms with Crippen LogP contribution in [0.1, 0.15) is 16.7 Å². The predicted molar refractivity (Wildman–Crippen MR) is 48.7 cm³/mol. The van der Waals surface area contributed by atoms with Gasteiger partial charge in [0, 0.05) is 16.6 Å². The lowest BCUT2D eigenvalue weighted by Crippen LogP contribution is -2.21. The molecule has 0 aliphatic carbocycles. The summed E-state index contributed by atoms with van der Waals surface area (Å²) in [7, 11) is 0. The van der Waals surface area contributed by atoms with Crippen molar-refractivity contribution in [1.29, 1.82) is 5.26 Å². The number of nitrogens with zero attached hydrogens (tertiary/aromatic N) is 1. The fourth-order valence-electron chi connectivity index (χ4n) is 1.22. The van der Waals surface area contributed by atoms with E-state index in [4.69, 9.17) is 5.26 Å². The highest BCUT2D eigenvalue weighted by Gasteiger charge is 2.35. The molecule has 3 nitrogen and oxygen atoms in total. The molecule has 1 rings (SSSR count). The van der Waals surface area contributed by atoms with E-state index in [2.05, 4.69) is 0 Å². The fourth-order valence-corrected chi connectivity index (χ4v) is 1.62. The van der Waals surface area contributed by atoms with Crippen LogP contribution >= 0.6 is 0 Å². The second-order valence-corrected chi connectivity index (χ2v) is 3.94. The second-order valence-electron chi connectivity index (χ2n) is 2.96. The van der Waals surface area contributed by atoms with Gasteiger partial charge < -0.3 is 4.55 Å². The van der Waals surface area contributed by atoms with Gasteiger partial charge in [-0.2, -0.15) is 14.0 Å². The summed E-state index contributed by atoms with van der Waals surface area (Å²) in [4.78, 5) is 0. The zero-order valence-corrected chi connectivity index (χ0v) is 8.78. The summed E-state index contributed by atoms with van der Waals surface area (Å²) in [5.74, 6) is -0.962. The number of alkyl halides is 2. The lowest BCUT2D eigenvalue weighted by atomic mass is 10.0. The highest BCUT2D eigenvalue weighted by molar-refractivity contribution is 7.79. The van der Waals surface area contributed by atoms with Crippen LogP contribution in [0.5, 0.6) is 0 Å². The lowest BCUT2D eigenvalue weighted by molar-refractivity contribution is 0.0867. The largest absolute Gasteiger partial charge is 0.768 e. The molecule has 0 bridgehead atoms. The third kappa shape index (κ3) is 1.94. The van der Waals surface area contributed by atoms with E-state index in [-0.39, 0.29) is 5.56 Å². The molecule has 1 aromatic rings. The topological polar surface area (TPSA) is 63.9 Å². The summed E-state index contributed by atoms with van der Waals surface area (Å²) in [5.41, 5.74) is -1.85. The molecule has 0 aliphatic rings. The van der Waals surface area contributed by atoms with E-state index in [1.807, 2.05) is 0 Å². The van der Waals surface area contributed by atoms with Crippen LogP contribution in [0, 0.1) is 24.1 Å². The zero-order valence-electron chi connectivity index (χ0n) is 7.96. The Morgan fingerprint density at radius 3 is 2.50 bits per heavy atom. The molecule has 0 aliphatic heterocycles. The summed E-state index contributed by atoms with van der Waals surface area (Å²) in [6, 6.07) is 2.70. The van der Waals surface area contributed by atoms with Gasteiger partial charge in [-0.3, -0.25) is 4.21 Å². The lowest BCUT2D eigenvalue weighted by Gasteiger charge is -2.21. The van der Waals surface area contributed by atoms with E-state index in [0.717, 1.165) is 6.92 Å². The Kier molecular flexibility index (Phi) is 3.35. The summed E-state index contributed by atoms with van der Waals surface area (Å²) in [6.45, 7) is 1.07. The number of rotatable bonds is 2. The molecule has 1 unspecified atom stereocenters. The van der Waals surface area contributed by atoms with Crippen LogP contribution in [0.25, 0.3) is 0 Å². The Bertz CT molecular complexity index is 496. The molecule has 0 heterocycles. The molecule has 0 fully saturated rings. The normalized spacial score (nSPS) is 13.2. The predicted octanol–water partition coefficient (Wildman–Crippen LogP) is 1.93. The van der Waals surface area contributed by atoms with Crippen LogP contribution in [0.2, 0.25) is 0 Å². The quantitative estimate of drug-likeness (QED) is 0.751. The van der Waals surface area contributed by atoms with Gasteiger partial charge in [-0.25, -0.2) is 4.39 Å². The minimum absolute atomic E-state index is 0.378. The van der Waals surface area contributed by atoms with E-state index < -0.39 is 33.3 Å². The molecule has 0 saturated carbocycles. The SMILES string of the molecule is Cc1c(C(F)(F)S(=O)[O-])ccc(F)c1C#N. The van der Waals surface area contributed by atoms with Gasteiger partial charge in [0.1, 0.15) is 11.9 Å². The summed E-state index contributed by atoms with van der Waals surface area (Å²) >= 11 is -3.67. The van der Waals surface area contributed by atoms with Gasteiger partial charge in [-0.1, -0.05) is 0 Å². The van der Waals surface area contributed by atoms with Gasteiger partial charge in [0.25, 0.3) is 0 Å². The minimum Gasteiger partial charge on any atom is -0.768 e. The number of hydrogen-bond acceptors (Lipinski definition) is 3. The minimum atomic E-state index is -4.14. The first-order valence-corrected chi connectivity index (χ1v) is 5.06. The molecule has 0 saturated heterocycles. The van der Waals surface area contributed by atoms with Crippen molar-refractivity contribution in [1.82, 2.24) is 0 Å². The molecular weight excluding hydrogens is 243 g/mol. The average molecular weight is 248 g/mol. The maximum absolute atomic E-state index is 13.1. The van der Waals surface area contributed by atoms with E-state index in [1.54, 1.807) is 0 Å². The molecule has 0 N–H and O–H groups in total. The van der Waals surface area contributed by atoms with E-state index in [9.17, 15) is 21.9 Å². The molecule has 1 atom stereocenters. The van der Waals surface area contributed by atoms with Crippen molar-refractivity contribution in [3.8, 4) is 6.07 Å². The first-order valence-electron chi connectivity index (χ1n) is 3.99. The summed E-state index contributed by atoms with van der Waals surface area (Å²) in [5, 5.41) is 4.40. The van der Waals surface area contributed by atoms with Crippen molar-refractivity contribution in [2.24, 2.45) is 0 Å². The average Bonchev–Trinajstić information content (AvgIpc) is 2.17. The van der Waals surface area contributed by atoms with Crippen molar-refractivity contribution in [2.75, 3.05) is 0 Å². The number of hydrogen-bond donors (Lipinski definition) is 0. The van der Waals surface area contributed by atoms with E-state index in [0.29, 0.717) is 12.1 Å². The summed E-state index contributed by atoms with van der Waals surface area (Å²) < 4.78 is 59.9. The van der Waals surface area contributed by atoms with Gasteiger partial charge in [0.15, 0.2) is 0 Å². The van der Waals surface area contributed by atoms with Gasteiger partial charge in [-0.15, -0.1) is 0 Å². The van der Waals surface area contributed by atoms with Crippen molar-refractivity contribution in [2.45, 2.75) is 12.2 Å². The van der Waals surface area contributed by atoms with Crippen molar-refractivity contribution < 1.29 is 21.9 Å². The van der Waals surface area contributed by atoms with Gasteiger partial charge in [0.2, 0.25) is 0 Å². The fraction of sp³-hybridized carbons (Fsp3) is 0.222. The van der Waals surface area contributed by atoms with Gasteiger partial charge in [-0.05, 0) is 24.6 Å². The van der Waals surface area contributed by atoms with Crippen LogP contribution in [0.3, 0.4) is 0 Å². The standard InChI is InChI=1S/C9H6F3NO2S/c1-5-6(4-13)8(10)3-2-7(5)9(11,12)16(14)15/h2-3H,1H3,(H,14,15)/p-1. The van der Waals surface area contributed by atoms with Crippen LogP contribution in [-0.2, 0) is 16.3 Å². The molecule has 0 radical (unpaired) electrons. The molecule has 86 valence electrons. The molecule has 16 heavy (non-hydrogen) atoms. The van der Waals surface area contributed by atoms with Crippen LogP contribution in [-0.4, -0.2) is 8.76 Å². The third-order valence-electron chi connectivity index (χ3n) is 2.05. The Balaban J connectivity index is 3.50. The Labute approximate surface area is 91.8 Å². The Morgan fingerprint density at radius 1 is 1.50 bits per heavy atom. The Morgan fingerprint density at radius 2 is 2.06 bits per heavy atom. The number of benzene rings is 1. The molecule has 0 spiro atoms. The Hall–Kier alpha value is -1.39. The highest BCUT2D eigenvalue weighted by atomic mass is 32.2. The zero-order chi connectivity index (χ0) is 12.5. The third-order valence-corrected chi connectivity index (χ3v) is 2.69. The molecule has 1 aromatic carbocycles. The van der Waals surface area contributed by atoms with Gasteiger partial charge in [0.05, 0.1) is 5.56 Å². The monoisotopic (exact) mass is 248 g/mol. The van der Waals surface area contributed by atoms with Crippen LogP contribution in [0.15, 0.2) is 12.1 Å². The van der Waals surface area contributed by atoms with E-state index in [1.165, 1.54) is 6.07 Å². The second kappa shape index (κ2) is 4.23. The summed E-state index contributed by atoms with van der Waals surface area (Å²) in [6.07, 6.45) is 0. The smallest absolute Gasteiger partial charge is 0.334 e. The molecule has 0 aromatic heterocycles. The molecule has 0 amide bonds. The maximum Gasteiger partial charge on any atom is 0.334 e. The van der Waals surface area contributed by atoms with Crippen molar-refractivity contribution in [3.63, 3.8) is 0 Å². The van der Waals surface area contributed by atoms with Crippen molar-refractivity contribution >= 4 is 11.1 Å². The van der Waals surface area contributed by atoms with Crippen LogP contribution in [0.4, 0.5) is 13.2 Å². The van der Waals surface area contributed by atoms with E-state index >= 15 is 0 Å². The molecule has 7 heteroatoms. The highest BCUT2D eigenvalue weighted by Crippen LogP contribution is 2.34. The first-order chi connectivity index (χ1) is 7.32. The molecular formula is C9H5F3NO2S-. The van der Waals surface area contributed by atoms with Crippen LogP contribution < -0.4 is 0 Å². The first kappa shape index (κ1) is 12.7. The maximum atomic E-state index is 13.1. The van der Waals surface area contributed by atoms with Crippen molar-refractivity contribution in [3.05, 3.63) is 34.6 Å². The number of nitriles is 1.